The average Bonchev–Trinajstić information content (AvgIpc) is 2.68. The molecule has 0 bridgehead atoms. The Morgan fingerprint density at radius 3 is 1.33 bits per heavy atom. The van der Waals surface area contributed by atoms with E-state index < -0.39 is 5.54 Å². The molecule has 0 atom stereocenters. The molecule has 0 aliphatic heterocycles. The van der Waals surface area contributed by atoms with Gasteiger partial charge in [0.05, 0.1) is 0 Å². The maximum absolute atomic E-state index is 5.19. The first-order chi connectivity index (χ1) is 11.9. The van der Waals surface area contributed by atoms with Crippen LogP contribution in [0.2, 0.25) is 0 Å². The quantitative estimate of drug-likeness (QED) is 0.187. The maximum Gasteiger partial charge on any atom is 0.157 e. The van der Waals surface area contributed by atoms with E-state index in [1.807, 2.05) is 54.6 Å². The van der Waals surface area contributed by atoms with Crippen LogP contribution in [0.5, 0.6) is 0 Å². The highest BCUT2D eigenvalue weighted by molar-refractivity contribution is 5.55. The van der Waals surface area contributed by atoms with Crippen LogP contribution in [0.3, 0.4) is 0 Å². The summed E-state index contributed by atoms with van der Waals surface area (Å²) in [6.45, 7) is 0. The summed E-state index contributed by atoms with van der Waals surface area (Å²) >= 11 is 0. The first-order valence-corrected chi connectivity index (χ1v) is 7.68. The highest BCUT2D eigenvalue weighted by atomic mass is 15.2. The summed E-state index contributed by atoms with van der Waals surface area (Å²) < 4.78 is 0. The molecule has 4 heteroatoms. The summed E-state index contributed by atoms with van der Waals surface area (Å²) in [5.74, 6) is 5.19. The number of hydrogen-bond acceptors (Lipinski definition) is 3. The molecular weight excluding hydrogens is 296 g/mol. The molecule has 24 heavy (non-hydrogen) atoms. The van der Waals surface area contributed by atoms with Crippen LogP contribution in [0.15, 0.2) is 106 Å². The van der Waals surface area contributed by atoms with Gasteiger partial charge in [-0.2, -0.15) is 10.2 Å². The van der Waals surface area contributed by atoms with Crippen molar-refractivity contribution in [3.63, 3.8) is 0 Å². The van der Waals surface area contributed by atoms with E-state index in [2.05, 4.69) is 51.7 Å². The molecule has 0 fully saturated rings. The summed E-state index contributed by atoms with van der Waals surface area (Å²) in [6, 6.07) is 30.3. The molecule has 2 N–H and O–H groups in total. The largest absolute Gasteiger partial charge is 0.322 e. The normalized spacial score (nSPS) is 12.0. The minimum Gasteiger partial charge on any atom is -0.322 e. The molecule has 0 radical (unpaired) electrons. The Labute approximate surface area is 141 Å². The van der Waals surface area contributed by atoms with E-state index >= 15 is 0 Å². The molecule has 118 valence electrons. The van der Waals surface area contributed by atoms with Crippen molar-refractivity contribution in [1.29, 1.82) is 0 Å². The molecule has 4 nitrogen and oxygen atoms in total. The Balaban J connectivity index is 2.32. The molecule has 3 aromatic rings. The average molecular weight is 314 g/mol. The molecule has 0 aliphatic carbocycles. The van der Waals surface area contributed by atoms with Crippen molar-refractivity contribution in [3.8, 4) is 0 Å². The molecule has 0 heterocycles. The number of rotatable bonds is 5. The van der Waals surface area contributed by atoms with E-state index in [0.29, 0.717) is 0 Å². The van der Waals surface area contributed by atoms with E-state index in [-0.39, 0.29) is 0 Å². The standard InChI is InChI=1S/C20H18N4/c21-22-16-23-24-20(17-10-4-1-5-11-17,18-12-6-2-7-13-18)19-14-8-3-9-15-19/h1-16H,21H2. The zero-order valence-corrected chi connectivity index (χ0v) is 13.2. The fourth-order valence-electron chi connectivity index (χ4n) is 2.85. The molecule has 0 unspecified atom stereocenters. The van der Waals surface area contributed by atoms with Crippen molar-refractivity contribution in [2.75, 3.05) is 0 Å². The van der Waals surface area contributed by atoms with Crippen molar-refractivity contribution in [3.05, 3.63) is 108 Å². The zero-order chi connectivity index (χ0) is 16.7. The highest BCUT2D eigenvalue weighted by Gasteiger charge is 2.36. The van der Waals surface area contributed by atoms with Gasteiger partial charge in [0, 0.05) is 0 Å². The van der Waals surface area contributed by atoms with Crippen LogP contribution in [0, 0.1) is 0 Å². The molecule has 0 saturated heterocycles. The van der Waals surface area contributed by atoms with Crippen molar-refractivity contribution < 1.29 is 0 Å². The van der Waals surface area contributed by atoms with Crippen LogP contribution in [0.25, 0.3) is 0 Å². The van der Waals surface area contributed by atoms with E-state index in [1.54, 1.807) is 0 Å². The third-order valence-corrected chi connectivity index (χ3v) is 3.90. The summed E-state index contributed by atoms with van der Waals surface area (Å²) in [4.78, 5) is 0. The van der Waals surface area contributed by atoms with Gasteiger partial charge >= 0.3 is 0 Å². The molecule has 0 aromatic heterocycles. The Bertz CT molecular complexity index is 715. The summed E-state index contributed by atoms with van der Waals surface area (Å²) in [5.41, 5.74) is 2.31. The van der Waals surface area contributed by atoms with Gasteiger partial charge in [-0.1, -0.05) is 91.0 Å². The number of hydrogen-bond donors (Lipinski definition) is 1. The van der Waals surface area contributed by atoms with E-state index in [0.717, 1.165) is 16.7 Å². The fourth-order valence-corrected chi connectivity index (χ4v) is 2.85. The zero-order valence-electron chi connectivity index (χ0n) is 13.2. The van der Waals surface area contributed by atoms with Crippen molar-refractivity contribution >= 4 is 6.34 Å². The molecule has 0 saturated carbocycles. The lowest BCUT2D eigenvalue weighted by Gasteiger charge is -2.30. The minimum absolute atomic E-state index is 0.759. The van der Waals surface area contributed by atoms with Gasteiger partial charge < -0.3 is 5.84 Å². The monoisotopic (exact) mass is 314 g/mol. The van der Waals surface area contributed by atoms with Gasteiger partial charge in [0.1, 0.15) is 0 Å². The molecular formula is C20H18N4. The smallest absolute Gasteiger partial charge is 0.157 e. The second-order valence-electron chi connectivity index (χ2n) is 5.29. The minimum atomic E-state index is -0.759. The van der Waals surface area contributed by atoms with Gasteiger partial charge in [-0.15, -0.1) is 5.11 Å². The fraction of sp³-hybridized carbons (Fsp3) is 0.0500. The van der Waals surface area contributed by atoms with Crippen molar-refractivity contribution in [2.24, 2.45) is 21.2 Å². The molecule has 3 aromatic carbocycles. The Kier molecular flexibility index (Phi) is 4.77. The van der Waals surface area contributed by atoms with Crippen LogP contribution in [-0.2, 0) is 5.54 Å². The van der Waals surface area contributed by atoms with Crippen molar-refractivity contribution in [1.82, 2.24) is 0 Å². The van der Waals surface area contributed by atoms with Gasteiger partial charge in [0.25, 0.3) is 0 Å². The maximum atomic E-state index is 5.19. The van der Waals surface area contributed by atoms with Gasteiger partial charge in [-0.25, -0.2) is 0 Å². The summed E-state index contributed by atoms with van der Waals surface area (Å²) in [5, 5.41) is 12.2. The number of nitrogens with zero attached hydrogens (tertiary/aromatic N) is 3. The van der Waals surface area contributed by atoms with Crippen LogP contribution in [-0.4, -0.2) is 6.34 Å². The first-order valence-electron chi connectivity index (χ1n) is 7.68. The van der Waals surface area contributed by atoms with Crippen LogP contribution >= 0.6 is 0 Å². The van der Waals surface area contributed by atoms with Crippen molar-refractivity contribution in [2.45, 2.75) is 5.54 Å². The lowest BCUT2D eigenvalue weighted by Crippen LogP contribution is -2.26. The van der Waals surface area contributed by atoms with Gasteiger partial charge in [-0.3, -0.25) is 0 Å². The molecule has 0 amide bonds. The topological polar surface area (TPSA) is 63.1 Å². The Morgan fingerprint density at radius 1 is 0.625 bits per heavy atom. The van der Waals surface area contributed by atoms with E-state index in [1.165, 1.54) is 6.34 Å². The van der Waals surface area contributed by atoms with Crippen LogP contribution in [0.4, 0.5) is 0 Å². The van der Waals surface area contributed by atoms with Gasteiger partial charge in [-0.05, 0) is 16.7 Å². The Hall–Kier alpha value is -3.27. The molecule has 0 aliphatic rings. The predicted octanol–water partition coefficient (Wildman–Crippen LogP) is 4.33. The number of benzene rings is 3. The van der Waals surface area contributed by atoms with Gasteiger partial charge in [0.15, 0.2) is 11.9 Å². The molecule has 0 spiro atoms. The lowest BCUT2D eigenvalue weighted by molar-refractivity contribution is 0.622. The Morgan fingerprint density at radius 2 is 1.00 bits per heavy atom. The van der Waals surface area contributed by atoms with Gasteiger partial charge in [0.2, 0.25) is 0 Å². The predicted molar refractivity (Wildman–Crippen MR) is 96.7 cm³/mol. The third kappa shape index (κ3) is 2.94. The lowest BCUT2D eigenvalue weighted by atomic mass is 9.78. The van der Waals surface area contributed by atoms with E-state index in [9.17, 15) is 0 Å². The van der Waals surface area contributed by atoms with Crippen LogP contribution < -0.4 is 5.84 Å². The summed E-state index contributed by atoms with van der Waals surface area (Å²) in [7, 11) is 0. The number of nitrogens with two attached hydrogens (primary N) is 1. The number of hydrazone groups is 1. The second-order valence-corrected chi connectivity index (χ2v) is 5.29. The summed E-state index contributed by atoms with van der Waals surface area (Å²) in [6.07, 6.45) is 1.25. The number of azo groups is 1. The van der Waals surface area contributed by atoms with Crippen LogP contribution in [0.1, 0.15) is 16.7 Å². The molecule has 3 rings (SSSR count). The van der Waals surface area contributed by atoms with E-state index in [4.69, 9.17) is 5.84 Å². The highest BCUT2D eigenvalue weighted by Crippen LogP contribution is 2.40. The first kappa shape index (κ1) is 15.6. The third-order valence-electron chi connectivity index (χ3n) is 3.90. The second kappa shape index (κ2) is 7.33. The SMILES string of the molecule is NN=CN=NC(c1ccccc1)(c1ccccc1)c1ccccc1.